The summed E-state index contributed by atoms with van der Waals surface area (Å²) in [5.41, 5.74) is 6.24. The zero-order valence-electron chi connectivity index (χ0n) is 24.3. The van der Waals surface area contributed by atoms with Crippen LogP contribution in [0.25, 0.3) is 11.4 Å². The third-order valence-electron chi connectivity index (χ3n) is 6.07. The summed E-state index contributed by atoms with van der Waals surface area (Å²) in [6.07, 6.45) is 1.55. The Morgan fingerprint density at radius 1 is 1.05 bits per heavy atom. The molecule has 7 nitrogen and oxygen atoms in total. The number of ether oxygens (including phenoxy) is 3. The second-order valence-corrected chi connectivity index (χ2v) is 9.91. The Morgan fingerprint density at radius 2 is 1.77 bits per heavy atom. The smallest absolute Gasteiger partial charge is 0.255 e. The van der Waals surface area contributed by atoms with Gasteiger partial charge in [-0.25, -0.2) is 4.98 Å². The summed E-state index contributed by atoms with van der Waals surface area (Å²) in [6.45, 7) is 16.7. The molecule has 39 heavy (non-hydrogen) atoms. The SMILES string of the molecule is CC.Cc1cccc(NC(=O)c2ccnc(-c3c(C)cc(OC[C@@H]4COC(C)(C)O4)cc3C)[nH]c(C)cc2)c1. The highest BCUT2D eigenvalue weighted by atomic mass is 16.7. The van der Waals surface area contributed by atoms with Gasteiger partial charge in [0.1, 0.15) is 24.3 Å². The van der Waals surface area contributed by atoms with Crippen LogP contribution in [0.3, 0.4) is 0 Å². The number of nitrogens with zero attached hydrogens (tertiary/aromatic N) is 1. The molecule has 0 radical (unpaired) electrons. The molecule has 1 aromatic heterocycles. The molecule has 1 amide bonds. The van der Waals surface area contributed by atoms with Crippen molar-refractivity contribution in [3.05, 3.63) is 88.7 Å². The normalized spacial score (nSPS) is 15.5. The van der Waals surface area contributed by atoms with E-state index in [2.05, 4.69) is 15.3 Å². The number of H-pyrrole nitrogens is 1. The Balaban J connectivity index is 0.00000205. The van der Waals surface area contributed by atoms with E-state index in [-0.39, 0.29) is 12.0 Å². The zero-order chi connectivity index (χ0) is 28.6. The summed E-state index contributed by atoms with van der Waals surface area (Å²) < 4.78 is 17.5. The average molecular weight is 532 g/mol. The number of aromatic amines is 1. The van der Waals surface area contributed by atoms with E-state index in [1.165, 1.54) is 0 Å². The molecule has 3 aromatic rings. The van der Waals surface area contributed by atoms with Gasteiger partial charge in [-0.05, 0) is 101 Å². The molecule has 7 heteroatoms. The maximum absolute atomic E-state index is 12.9. The topological polar surface area (TPSA) is 85.5 Å². The minimum atomic E-state index is -0.570. The molecule has 0 unspecified atom stereocenters. The number of aryl methyl sites for hydroxylation is 4. The van der Waals surface area contributed by atoms with Crippen LogP contribution in [0.2, 0.25) is 0 Å². The summed E-state index contributed by atoms with van der Waals surface area (Å²) in [7, 11) is 0. The first-order valence-electron chi connectivity index (χ1n) is 13.4. The van der Waals surface area contributed by atoms with Gasteiger partial charge in [-0.15, -0.1) is 0 Å². The van der Waals surface area contributed by atoms with Gasteiger partial charge in [-0.2, -0.15) is 0 Å². The number of hydrogen-bond acceptors (Lipinski definition) is 5. The molecule has 0 bridgehead atoms. The van der Waals surface area contributed by atoms with Gasteiger partial charge >= 0.3 is 0 Å². The fourth-order valence-corrected chi connectivity index (χ4v) is 4.34. The van der Waals surface area contributed by atoms with Crippen LogP contribution >= 0.6 is 0 Å². The fraction of sp³-hybridized carbons (Fsp3) is 0.375. The quantitative estimate of drug-likeness (QED) is 0.350. The van der Waals surface area contributed by atoms with Crippen molar-refractivity contribution in [2.45, 2.75) is 67.3 Å². The minimum absolute atomic E-state index is 0.0987. The molecular formula is C32H41N3O4. The molecule has 2 heterocycles. The largest absolute Gasteiger partial charge is 0.491 e. The molecule has 1 aliphatic rings. The predicted octanol–water partition coefficient (Wildman–Crippen LogP) is 7.24. The van der Waals surface area contributed by atoms with E-state index in [1.807, 2.05) is 97.9 Å². The first-order valence-corrected chi connectivity index (χ1v) is 13.4. The van der Waals surface area contributed by atoms with Crippen molar-refractivity contribution < 1.29 is 19.0 Å². The average Bonchev–Trinajstić information content (AvgIpc) is 3.27. The van der Waals surface area contributed by atoms with E-state index in [0.717, 1.165) is 39.4 Å². The molecule has 0 aliphatic carbocycles. The molecule has 1 atom stereocenters. The maximum Gasteiger partial charge on any atom is 0.255 e. The van der Waals surface area contributed by atoms with Crippen LogP contribution in [0.15, 0.2) is 60.8 Å². The van der Waals surface area contributed by atoms with Crippen LogP contribution in [-0.4, -0.2) is 41.0 Å². The Bertz CT molecular complexity index is 1320. The lowest BCUT2D eigenvalue weighted by Crippen LogP contribution is -2.25. The van der Waals surface area contributed by atoms with E-state index < -0.39 is 5.79 Å². The number of carbonyl (C=O) groups is 1. The summed E-state index contributed by atoms with van der Waals surface area (Å²) in [4.78, 5) is 21.0. The summed E-state index contributed by atoms with van der Waals surface area (Å²) >= 11 is 0. The van der Waals surface area contributed by atoms with E-state index in [9.17, 15) is 4.79 Å². The van der Waals surface area contributed by atoms with Crippen LogP contribution in [0.1, 0.15) is 60.4 Å². The standard InChI is InChI=1S/C30H35N3O4.C2H6/c1-19-8-7-9-24(14-19)33-29(34)23-11-10-22(4)32-28(31-13-12-23)27-20(2)15-25(16-21(27)3)35-17-26-18-36-30(5,6)37-26;1-2/h7-16,26H,17-18H2,1-6H3,(H,31,32)(H,33,34);1-2H3/t26-;/m1./s1. The molecule has 208 valence electrons. The van der Waals surface area contributed by atoms with Crippen LogP contribution in [0.5, 0.6) is 5.75 Å². The number of carbonyl (C=O) groups excluding carboxylic acids is 1. The molecule has 4 rings (SSSR count). The van der Waals surface area contributed by atoms with Gasteiger partial charge in [0.15, 0.2) is 5.79 Å². The van der Waals surface area contributed by atoms with Gasteiger partial charge in [-0.1, -0.05) is 26.0 Å². The second kappa shape index (κ2) is 13.4. The number of hydrogen-bond donors (Lipinski definition) is 2. The highest BCUT2D eigenvalue weighted by molar-refractivity contribution is 6.04. The van der Waals surface area contributed by atoms with Gasteiger partial charge < -0.3 is 24.5 Å². The number of amides is 1. The van der Waals surface area contributed by atoms with Crippen LogP contribution in [0, 0.1) is 27.7 Å². The lowest BCUT2D eigenvalue weighted by molar-refractivity contribution is -0.141. The zero-order valence-corrected chi connectivity index (χ0v) is 24.3. The van der Waals surface area contributed by atoms with Gasteiger partial charge in [0, 0.05) is 28.7 Å². The van der Waals surface area contributed by atoms with Crippen molar-refractivity contribution in [3.63, 3.8) is 0 Å². The summed E-state index contributed by atoms with van der Waals surface area (Å²) in [5, 5.41) is 2.95. The van der Waals surface area contributed by atoms with Gasteiger partial charge in [0.05, 0.1) is 6.61 Å². The molecule has 0 saturated carbocycles. The number of rotatable bonds is 6. The van der Waals surface area contributed by atoms with Crippen LogP contribution < -0.4 is 10.1 Å². The molecule has 1 saturated heterocycles. The lowest BCUT2D eigenvalue weighted by Gasteiger charge is -2.18. The molecule has 0 spiro atoms. The Morgan fingerprint density at radius 3 is 2.41 bits per heavy atom. The van der Waals surface area contributed by atoms with E-state index in [0.29, 0.717) is 24.6 Å². The van der Waals surface area contributed by atoms with Gasteiger partial charge in [0.25, 0.3) is 5.91 Å². The van der Waals surface area contributed by atoms with Crippen molar-refractivity contribution in [3.8, 4) is 17.1 Å². The van der Waals surface area contributed by atoms with Crippen molar-refractivity contribution in [1.82, 2.24) is 9.97 Å². The minimum Gasteiger partial charge on any atom is -0.491 e. The Kier molecular flexibility index (Phi) is 10.3. The van der Waals surface area contributed by atoms with Crippen LogP contribution in [0.4, 0.5) is 5.69 Å². The Labute approximate surface area is 232 Å². The lowest BCUT2D eigenvalue weighted by atomic mass is 10.0. The highest BCUT2D eigenvalue weighted by Crippen LogP contribution is 2.29. The number of anilines is 1. The number of nitrogens with one attached hydrogen (secondary N) is 2. The van der Waals surface area contributed by atoms with Gasteiger partial charge in [-0.3, -0.25) is 4.79 Å². The number of aromatic nitrogens is 2. The van der Waals surface area contributed by atoms with Crippen molar-refractivity contribution >= 4 is 11.6 Å². The Hall–Kier alpha value is -3.68. The third-order valence-corrected chi connectivity index (χ3v) is 6.07. The molecular weight excluding hydrogens is 490 g/mol. The first-order chi connectivity index (χ1) is 18.6. The monoisotopic (exact) mass is 531 g/mol. The van der Waals surface area contributed by atoms with Crippen molar-refractivity contribution in [1.29, 1.82) is 0 Å². The molecule has 1 fully saturated rings. The van der Waals surface area contributed by atoms with Crippen molar-refractivity contribution in [2.75, 3.05) is 18.5 Å². The van der Waals surface area contributed by atoms with E-state index in [4.69, 9.17) is 14.2 Å². The second-order valence-electron chi connectivity index (χ2n) is 9.91. The van der Waals surface area contributed by atoms with E-state index >= 15 is 0 Å². The van der Waals surface area contributed by atoms with Crippen LogP contribution in [-0.2, 0) is 9.47 Å². The predicted molar refractivity (Wildman–Crippen MR) is 157 cm³/mol. The van der Waals surface area contributed by atoms with Crippen molar-refractivity contribution in [2.24, 2.45) is 0 Å². The third kappa shape index (κ3) is 8.40. The maximum atomic E-state index is 12.9. The van der Waals surface area contributed by atoms with E-state index in [1.54, 1.807) is 18.3 Å². The molecule has 1 aliphatic heterocycles. The fourth-order valence-electron chi connectivity index (χ4n) is 4.34. The molecule has 2 aromatic carbocycles. The summed E-state index contributed by atoms with van der Waals surface area (Å²) in [6, 6.07) is 17.1. The number of benzene rings is 2. The summed E-state index contributed by atoms with van der Waals surface area (Å²) in [5.74, 6) is 0.711. The highest BCUT2D eigenvalue weighted by Gasteiger charge is 2.33. The molecule has 2 N–H and O–H groups in total. The first kappa shape index (κ1) is 29.9. The van der Waals surface area contributed by atoms with Gasteiger partial charge in [0.2, 0.25) is 0 Å².